The van der Waals surface area contributed by atoms with Crippen molar-refractivity contribution in [2.45, 2.75) is 19.4 Å². The number of rotatable bonds is 4. The van der Waals surface area contributed by atoms with E-state index in [1.54, 1.807) is 0 Å². The third-order valence-corrected chi connectivity index (χ3v) is 4.25. The smallest absolute Gasteiger partial charge is 0.305 e. The van der Waals surface area contributed by atoms with Crippen LogP contribution in [0.15, 0.2) is 48.5 Å². The topological polar surface area (TPSA) is 57.0 Å². The van der Waals surface area contributed by atoms with Gasteiger partial charge in [-0.3, -0.25) is 4.79 Å². The standard InChI is InChI=1S/C19H17N3O2/c1-24-17(23)11-6-12-22-16-10-5-2-7-13(16)18-19(22)21-15-9-4-3-8-14(15)20-18/h2-5,7-10H,6,11-12H2,1H3. The number of ether oxygens (including phenoxy) is 1. The molecular formula is C19H17N3O2. The van der Waals surface area contributed by atoms with Gasteiger partial charge in [0.2, 0.25) is 0 Å². The van der Waals surface area contributed by atoms with E-state index in [1.165, 1.54) is 7.11 Å². The van der Waals surface area contributed by atoms with Crippen LogP contribution < -0.4 is 0 Å². The molecule has 0 saturated carbocycles. The number of hydrogen-bond donors (Lipinski definition) is 0. The van der Waals surface area contributed by atoms with Gasteiger partial charge in [0, 0.05) is 18.4 Å². The number of carbonyl (C=O) groups is 1. The van der Waals surface area contributed by atoms with Gasteiger partial charge in [0.25, 0.3) is 0 Å². The number of hydrogen-bond acceptors (Lipinski definition) is 4. The molecule has 5 heteroatoms. The largest absolute Gasteiger partial charge is 0.469 e. The molecule has 0 N–H and O–H groups in total. The van der Waals surface area contributed by atoms with Gasteiger partial charge < -0.3 is 9.30 Å². The van der Waals surface area contributed by atoms with Gasteiger partial charge in [-0.25, -0.2) is 9.97 Å². The molecule has 2 aromatic carbocycles. The predicted octanol–water partition coefficient (Wildman–Crippen LogP) is 3.69. The molecule has 4 rings (SSSR count). The average molecular weight is 319 g/mol. The Morgan fingerprint density at radius 1 is 1.04 bits per heavy atom. The Kier molecular flexibility index (Phi) is 3.61. The van der Waals surface area contributed by atoms with Crippen molar-refractivity contribution in [3.05, 3.63) is 48.5 Å². The van der Waals surface area contributed by atoms with Crippen molar-refractivity contribution in [1.82, 2.24) is 14.5 Å². The minimum absolute atomic E-state index is 0.188. The van der Waals surface area contributed by atoms with Gasteiger partial charge in [-0.2, -0.15) is 0 Å². The van der Waals surface area contributed by atoms with E-state index in [0.29, 0.717) is 19.4 Å². The zero-order valence-electron chi connectivity index (χ0n) is 13.4. The van der Waals surface area contributed by atoms with Crippen LogP contribution in [0.5, 0.6) is 0 Å². The Labute approximate surface area is 138 Å². The van der Waals surface area contributed by atoms with Crippen molar-refractivity contribution in [2.75, 3.05) is 7.11 Å². The van der Waals surface area contributed by atoms with E-state index in [0.717, 1.165) is 33.1 Å². The Morgan fingerprint density at radius 3 is 2.54 bits per heavy atom. The van der Waals surface area contributed by atoms with Crippen molar-refractivity contribution < 1.29 is 9.53 Å². The van der Waals surface area contributed by atoms with Crippen LogP contribution in [0.25, 0.3) is 33.1 Å². The lowest BCUT2D eigenvalue weighted by molar-refractivity contribution is -0.140. The van der Waals surface area contributed by atoms with Gasteiger partial charge in [0.15, 0.2) is 5.65 Å². The van der Waals surface area contributed by atoms with E-state index in [2.05, 4.69) is 16.7 Å². The number of aryl methyl sites for hydroxylation is 1. The molecule has 0 saturated heterocycles. The van der Waals surface area contributed by atoms with Gasteiger partial charge >= 0.3 is 5.97 Å². The molecule has 0 fully saturated rings. The molecule has 0 unspecified atom stereocenters. The Hall–Kier alpha value is -2.95. The molecule has 2 heterocycles. The highest BCUT2D eigenvalue weighted by molar-refractivity contribution is 6.06. The fourth-order valence-electron chi connectivity index (χ4n) is 3.09. The fourth-order valence-corrected chi connectivity index (χ4v) is 3.09. The number of aromatic nitrogens is 3. The number of fused-ring (bicyclic) bond motifs is 4. The molecule has 24 heavy (non-hydrogen) atoms. The van der Waals surface area contributed by atoms with E-state index in [-0.39, 0.29) is 5.97 Å². The van der Waals surface area contributed by atoms with Crippen LogP contribution in [-0.2, 0) is 16.1 Å². The molecule has 0 radical (unpaired) electrons. The maximum atomic E-state index is 11.4. The van der Waals surface area contributed by atoms with Gasteiger partial charge in [-0.1, -0.05) is 30.3 Å². The second-order valence-corrected chi connectivity index (χ2v) is 5.73. The molecule has 0 aliphatic carbocycles. The third-order valence-electron chi connectivity index (χ3n) is 4.25. The first-order chi connectivity index (χ1) is 11.8. The Bertz CT molecular complexity index is 1050. The summed E-state index contributed by atoms with van der Waals surface area (Å²) in [5, 5.41) is 1.09. The number of nitrogens with zero attached hydrogens (tertiary/aromatic N) is 3. The Morgan fingerprint density at radius 2 is 1.75 bits per heavy atom. The van der Waals surface area contributed by atoms with E-state index in [4.69, 9.17) is 14.7 Å². The molecule has 0 amide bonds. The molecule has 0 aliphatic heterocycles. The lowest BCUT2D eigenvalue weighted by Crippen LogP contribution is -2.04. The summed E-state index contributed by atoms with van der Waals surface area (Å²) in [4.78, 5) is 21.0. The van der Waals surface area contributed by atoms with Crippen LogP contribution in [0, 0.1) is 0 Å². The monoisotopic (exact) mass is 319 g/mol. The second kappa shape index (κ2) is 5.92. The summed E-state index contributed by atoms with van der Waals surface area (Å²) in [7, 11) is 1.42. The molecule has 0 bridgehead atoms. The summed E-state index contributed by atoms with van der Waals surface area (Å²) in [5.74, 6) is -0.188. The van der Waals surface area contributed by atoms with Crippen LogP contribution in [0.2, 0.25) is 0 Å². The highest BCUT2D eigenvalue weighted by atomic mass is 16.5. The van der Waals surface area contributed by atoms with Crippen molar-refractivity contribution in [3.8, 4) is 0 Å². The molecular weight excluding hydrogens is 302 g/mol. The lowest BCUT2D eigenvalue weighted by Gasteiger charge is -2.06. The van der Waals surface area contributed by atoms with Crippen LogP contribution >= 0.6 is 0 Å². The molecule has 0 spiro atoms. The number of esters is 1. The van der Waals surface area contributed by atoms with Crippen molar-refractivity contribution in [3.63, 3.8) is 0 Å². The molecule has 5 nitrogen and oxygen atoms in total. The van der Waals surface area contributed by atoms with Gasteiger partial charge in [-0.15, -0.1) is 0 Å². The summed E-state index contributed by atoms with van der Waals surface area (Å²) in [6.45, 7) is 0.701. The van der Waals surface area contributed by atoms with Crippen molar-refractivity contribution >= 4 is 39.1 Å². The Balaban J connectivity index is 1.88. The van der Waals surface area contributed by atoms with Gasteiger partial charge in [0.1, 0.15) is 5.52 Å². The first-order valence-corrected chi connectivity index (χ1v) is 7.98. The van der Waals surface area contributed by atoms with Crippen LogP contribution in [0.1, 0.15) is 12.8 Å². The molecule has 0 atom stereocenters. The lowest BCUT2D eigenvalue weighted by atomic mass is 10.2. The normalized spacial score (nSPS) is 11.4. The minimum Gasteiger partial charge on any atom is -0.469 e. The second-order valence-electron chi connectivity index (χ2n) is 5.73. The maximum Gasteiger partial charge on any atom is 0.305 e. The molecule has 4 aromatic rings. The summed E-state index contributed by atoms with van der Waals surface area (Å²) in [5.41, 5.74) is 4.62. The first-order valence-electron chi connectivity index (χ1n) is 7.98. The van der Waals surface area contributed by atoms with Crippen LogP contribution in [-0.4, -0.2) is 27.6 Å². The van der Waals surface area contributed by atoms with Crippen molar-refractivity contribution in [2.24, 2.45) is 0 Å². The quantitative estimate of drug-likeness (QED) is 0.538. The van der Waals surface area contributed by atoms with Crippen LogP contribution in [0.3, 0.4) is 0 Å². The maximum absolute atomic E-state index is 11.4. The molecule has 0 aliphatic rings. The number of methoxy groups -OCH3 is 1. The minimum atomic E-state index is -0.188. The van der Waals surface area contributed by atoms with E-state index >= 15 is 0 Å². The zero-order valence-corrected chi connectivity index (χ0v) is 13.4. The number of benzene rings is 2. The summed E-state index contributed by atoms with van der Waals surface area (Å²) >= 11 is 0. The summed E-state index contributed by atoms with van der Waals surface area (Å²) in [6.07, 6.45) is 1.10. The van der Waals surface area contributed by atoms with Crippen LogP contribution in [0.4, 0.5) is 0 Å². The molecule has 2 aromatic heterocycles. The average Bonchev–Trinajstić information content (AvgIpc) is 2.93. The SMILES string of the molecule is COC(=O)CCCn1c2ccccc2c2nc3ccccc3nc21. The highest BCUT2D eigenvalue weighted by Crippen LogP contribution is 2.28. The highest BCUT2D eigenvalue weighted by Gasteiger charge is 2.14. The third kappa shape index (κ3) is 2.38. The van der Waals surface area contributed by atoms with Gasteiger partial charge in [0.05, 0.1) is 23.7 Å². The first kappa shape index (κ1) is 14.6. The molecule has 120 valence electrons. The van der Waals surface area contributed by atoms with E-state index < -0.39 is 0 Å². The number of para-hydroxylation sites is 3. The summed E-state index contributed by atoms with van der Waals surface area (Å²) < 4.78 is 6.87. The summed E-state index contributed by atoms with van der Waals surface area (Å²) in [6, 6.07) is 16.0. The number of carbonyl (C=O) groups excluding carboxylic acids is 1. The van der Waals surface area contributed by atoms with Gasteiger partial charge in [-0.05, 0) is 24.6 Å². The van der Waals surface area contributed by atoms with E-state index in [1.807, 2.05) is 36.4 Å². The predicted molar refractivity (Wildman–Crippen MR) is 93.8 cm³/mol. The van der Waals surface area contributed by atoms with E-state index in [9.17, 15) is 4.79 Å². The fraction of sp³-hybridized carbons (Fsp3) is 0.211. The zero-order chi connectivity index (χ0) is 16.5. The van der Waals surface area contributed by atoms with Crippen molar-refractivity contribution in [1.29, 1.82) is 0 Å².